The molecule has 2 saturated heterocycles. The molecule has 0 N–H and O–H groups in total. The van der Waals surface area contributed by atoms with E-state index in [1.807, 2.05) is 15.9 Å². The predicted octanol–water partition coefficient (Wildman–Crippen LogP) is 2.43. The molecule has 0 unspecified atom stereocenters. The van der Waals surface area contributed by atoms with Crippen LogP contribution >= 0.6 is 0 Å². The summed E-state index contributed by atoms with van der Waals surface area (Å²) >= 11 is 0. The lowest BCUT2D eigenvalue weighted by atomic mass is 9.95. The molecule has 2 aliphatic heterocycles. The number of nitro groups is 1. The van der Waals surface area contributed by atoms with Gasteiger partial charge in [-0.1, -0.05) is 12.1 Å². The van der Waals surface area contributed by atoms with Crippen LogP contribution in [0, 0.1) is 16.0 Å². The number of carbonyl (C=O) groups excluding carboxylic acids is 1. The largest absolute Gasteiger partial charge is 0.366 e. The molecule has 0 radical (unpaired) electrons. The summed E-state index contributed by atoms with van der Waals surface area (Å²) in [5.41, 5.74) is 0.811. The number of para-hydroxylation sites is 2. The molecule has 2 aliphatic rings. The fourth-order valence-corrected chi connectivity index (χ4v) is 3.45. The van der Waals surface area contributed by atoms with Crippen LogP contribution < -0.4 is 4.90 Å². The van der Waals surface area contributed by atoms with Crippen LogP contribution in [0.4, 0.5) is 11.4 Å². The van der Waals surface area contributed by atoms with E-state index in [-0.39, 0.29) is 22.4 Å². The lowest BCUT2D eigenvalue weighted by molar-refractivity contribution is -0.384. The summed E-state index contributed by atoms with van der Waals surface area (Å²) in [7, 11) is 0. The van der Waals surface area contributed by atoms with Gasteiger partial charge in [0, 0.05) is 38.2 Å². The van der Waals surface area contributed by atoms with Crippen LogP contribution in [0.3, 0.4) is 0 Å². The second-order valence-corrected chi connectivity index (χ2v) is 6.04. The highest BCUT2D eigenvalue weighted by atomic mass is 16.6. The second-order valence-electron chi connectivity index (χ2n) is 6.04. The van der Waals surface area contributed by atoms with Crippen molar-refractivity contribution in [2.45, 2.75) is 25.7 Å². The highest BCUT2D eigenvalue weighted by Gasteiger charge is 2.31. The van der Waals surface area contributed by atoms with Gasteiger partial charge in [-0.25, -0.2) is 0 Å². The van der Waals surface area contributed by atoms with Gasteiger partial charge in [0.25, 0.3) is 5.69 Å². The van der Waals surface area contributed by atoms with Crippen molar-refractivity contribution in [2.24, 2.45) is 5.92 Å². The van der Waals surface area contributed by atoms with Gasteiger partial charge in [0.05, 0.1) is 4.92 Å². The Balaban J connectivity index is 1.64. The molecule has 0 bridgehead atoms. The second kappa shape index (κ2) is 6.34. The molecule has 1 aromatic rings. The smallest absolute Gasteiger partial charge is 0.292 e. The number of nitro benzene ring substituents is 1. The van der Waals surface area contributed by atoms with E-state index in [1.165, 1.54) is 6.07 Å². The summed E-state index contributed by atoms with van der Waals surface area (Å²) in [6, 6.07) is 6.84. The zero-order valence-electron chi connectivity index (χ0n) is 12.6. The van der Waals surface area contributed by atoms with E-state index in [0.717, 1.165) is 38.8 Å². The first-order valence-electron chi connectivity index (χ1n) is 7.94. The average Bonchev–Trinajstić information content (AvgIpc) is 3.09. The van der Waals surface area contributed by atoms with Crippen LogP contribution in [0.15, 0.2) is 24.3 Å². The number of anilines is 1. The van der Waals surface area contributed by atoms with Gasteiger partial charge >= 0.3 is 0 Å². The average molecular weight is 303 g/mol. The molecule has 22 heavy (non-hydrogen) atoms. The minimum absolute atomic E-state index is 0.0807. The normalized spacial score (nSPS) is 19.5. The van der Waals surface area contributed by atoms with Gasteiger partial charge < -0.3 is 9.80 Å². The Morgan fingerprint density at radius 2 is 1.73 bits per heavy atom. The van der Waals surface area contributed by atoms with Crippen molar-refractivity contribution in [3.63, 3.8) is 0 Å². The lowest BCUT2D eigenvalue weighted by Crippen LogP contribution is -2.41. The third-order valence-electron chi connectivity index (χ3n) is 4.68. The molecular weight excluding hydrogens is 282 g/mol. The Labute approximate surface area is 129 Å². The molecule has 0 aromatic heterocycles. The van der Waals surface area contributed by atoms with Crippen molar-refractivity contribution in [1.29, 1.82) is 0 Å². The Kier molecular flexibility index (Phi) is 4.27. The number of hydrogen-bond acceptors (Lipinski definition) is 4. The van der Waals surface area contributed by atoms with Crippen molar-refractivity contribution in [2.75, 3.05) is 31.1 Å². The topological polar surface area (TPSA) is 66.7 Å². The van der Waals surface area contributed by atoms with E-state index in [9.17, 15) is 14.9 Å². The van der Waals surface area contributed by atoms with Crippen LogP contribution in [-0.2, 0) is 4.79 Å². The fraction of sp³-hybridized carbons (Fsp3) is 0.562. The van der Waals surface area contributed by atoms with E-state index >= 15 is 0 Å². The zero-order valence-corrected chi connectivity index (χ0v) is 12.6. The summed E-state index contributed by atoms with van der Waals surface area (Å²) in [5.74, 6) is 0.358. The van der Waals surface area contributed by atoms with Gasteiger partial charge in [-0.3, -0.25) is 14.9 Å². The lowest BCUT2D eigenvalue weighted by Gasteiger charge is -2.34. The number of hydrogen-bond donors (Lipinski definition) is 0. The number of rotatable bonds is 3. The maximum atomic E-state index is 12.4. The third-order valence-corrected chi connectivity index (χ3v) is 4.68. The molecule has 118 valence electrons. The van der Waals surface area contributed by atoms with Gasteiger partial charge in [0.15, 0.2) is 0 Å². The quantitative estimate of drug-likeness (QED) is 0.635. The summed E-state index contributed by atoms with van der Waals surface area (Å²) in [6.45, 7) is 3.19. The number of piperidine rings is 1. The van der Waals surface area contributed by atoms with Gasteiger partial charge in [-0.15, -0.1) is 0 Å². The number of nitrogens with zero attached hydrogens (tertiary/aromatic N) is 3. The first kappa shape index (κ1) is 14.8. The van der Waals surface area contributed by atoms with E-state index in [0.29, 0.717) is 18.8 Å². The summed E-state index contributed by atoms with van der Waals surface area (Å²) in [6.07, 6.45) is 3.78. The van der Waals surface area contributed by atoms with Crippen LogP contribution in [0.25, 0.3) is 0 Å². The molecule has 6 heteroatoms. The number of amides is 1. The summed E-state index contributed by atoms with van der Waals surface area (Å²) in [5, 5.41) is 11.1. The molecule has 2 heterocycles. The Morgan fingerprint density at radius 1 is 1.09 bits per heavy atom. The van der Waals surface area contributed by atoms with Crippen LogP contribution in [0.5, 0.6) is 0 Å². The maximum Gasteiger partial charge on any atom is 0.292 e. The van der Waals surface area contributed by atoms with E-state index < -0.39 is 0 Å². The number of likely N-dealkylation sites (tertiary alicyclic amines) is 1. The van der Waals surface area contributed by atoms with Crippen LogP contribution in [-0.4, -0.2) is 41.9 Å². The minimum atomic E-state index is -0.337. The summed E-state index contributed by atoms with van der Waals surface area (Å²) < 4.78 is 0. The van der Waals surface area contributed by atoms with Crippen molar-refractivity contribution >= 4 is 17.3 Å². The molecule has 2 fully saturated rings. The van der Waals surface area contributed by atoms with Gasteiger partial charge in [0.2, 0.25) is 5.91 Å². The van der Waals surface area contributed by atoms with E-state index in [1.54, 1.807) is 12.1 Å². The van der Waals surface area contributed by atoms with E-state index in [2.05, 4.69) is 0 Å². The molecule has 6 nitrogen and oxygen atoms in total. The highest BCUT2D eigenvalue weighted by Crippen LogP contribution is 2.31. The first-order chi connectivity index (χ1) is 10.7. The Hall–Kier alpha value is -2.11. The van der Waals surface area contributed by atoms with E-state index in [4.69, 9.17) is 0 Å². The zero-order chi connectivity index (χ0) is 15.5. The van der Waals surface area contributed by atoms with Crippen LogP contribution in [0.2, 0.25) is 0 Å². The van der Waals surface area contributed by atoms with Crippen molar-refractivity contribution in [1.82, 2.24) is 4.90 Å². The molecule has 3 rings (SSSR count). The number of benzene rings is 1. The monoisotopic (exact) mass is 303 g/mol. The first-order valence-corrected chi connectivity index (χ1v) is 7.94. The number of carbonyl (C=O) groups is 1. The third kappa shape index (κ3) is 2.91. The maximum absolute atomic E-state index is 12.4. The molecule has 0 saturated carbocycles. The molecule has 1 aromatic carbocycles. The van der Waals surface area contributed by atoms with Crippen molar-refractivity contribution in [3.8, 4) is 0 Å². The van der Waals surface area contributed by atoms with Gasteiger partial charge in [-0.2, -0.15) is 0 Å². The highest BCUT2D eigenvalue weighted by molar-refractivity contribution is 5.79. The molecular formula is C16H21N3O3. The van der Waals surface area contributed by atoms with Gasteiger partial charge in [0.1, 0.15) is 5.69 Å². The van der Waals surface area contributed by atoms with Crippen molar-refractivity contribution in [3.05, 3.63) is 34.4 Å². The SMILES string of the molecule is O=C(C1CCN(c2ccccc2[N+](=O)[O-])CC1)N1CCCC1. The molecule has 0 spiro atoms. The molecule has 0 aliphatic carbocycles. The predicted molar refractivity (Wildman–Crippen MR) is 83.8 cm³/mol. The van der Waals surface area contributed by atoms with Crippen molar-refractivity contribution < 1.29 is 9.72 Å². The Morgan fingerprint density at radius 3 is 2.36 bits per heavy atom. The minimum Gasteiger partial charge on any atom is -0.366 e. The summed E-state index contributed by atoms with van der Waals surface area (Å²) in [4.78, 5) is 27.2. The molecule has 0 atom stereocenters. The fourth-order valence-electron chi connectivity index (χ4n) is 3.45. The molecule has 1 amide bonds. The Bertz CT molecular complexity index is 562. The van der Waals surface area contributed by atoms with Gasteiger partial charge in [-0.05, 0) is 31.7 Å². The van der Waals surface area contributed by atoms with Crippen LogP contribution in [0.1, 0.15) is 25.7 Å². The standard InChI is InChI=1S/C16H21N3O3/c20-16(18-9-3-4-10-18)13-7-11-17(12-8-13)14-5-1-2-6-15(14)19(21)22/h1-2,5-6,13H,3-4,7-12H2.